The quantitative estimate of drug-likeness (QED) is 0.780. The number of hydrogen-bond donors (Lipinski definition) is 2. The van der Waals surface area contributed by atoms with E-state index in [2.05, 4.69) is 35.6 Å². The molecule has 2 amide bonds. The van der Waals surface area contributed by atoms with Gasteiger partial charge in [0.2, 0.25) is 0 Å². The molecule has 2 fully saturated rings. The Morgan fingerprint density at radius 1 is 1.22 bits per heavy atom. The number of likely N-dealkylation sites (tertiary alicyclic amines) is 1. The molecule has 0 radical (unpaired) electrons. The highest BCUT2D eigenvalue weighted by atomic mass is 16.5. The maximum atomic E-state index is 12.3. The molecule has 0 spiro atoms. The lowest BCUT2D eigenvalue weighted by Crippen LogP contribution is -2.59. The van der Waals surface area contributed by atoms with E-state index >= 15 is 0 Å². The van der Waals surface area contributed by atoms with Gasteiger partial charge in [-0.1, -0.05) is 30.3 Å². The molecule has 1 heterocycles. The Hall–Kier alpha value is -2.10. The molecule has 2 aliphatic rings. The molecule has 146 valence electrons. The van der Waals surface area contributed by atoms with Gasteiger partial charge in [0.15, 0.2) is 0 Å². The van der Waals surface area contributed by atoms with Crippen molar-refractivity contribution < 1.29 is 9.53 Å². The predicted molar refractivity (Wildman–Crippen MR) is 104 cm³/mol. The van der Waals surface area contributed by atoms with Gasteiger partial charge in [-0.15, -0.1) is 0 Å². The molecule has 6 nitrogen and oxygen atoms in total. The van der Waals surface area contributed by atoms with Crippen LogP contribution >= 0.6 is 0 Å². The molecule has 3 rings (SSSR count). The molecule has 1 aliphatic heterocycles. The Labute approximate surface area is 161 Å². The highest BCUT2D eigenvalue weighted by molar-refractivity contribution is 5.75. The topological polar surface area (TPSA) is 91.4 Å². The lowest BCUT2D eigenvalue weighted by atomic mass is 9.83. The molecule has 1 saturated heterocycles. The number of nitriles is 1. The van der Waals surface area contributed by atoms with Crippen LogP contribution in [-0.2, 0) is 4.74 Å². The second-order valence-electron chi connectivity index (χ2n) is 7.60. The number of benzene rings is 1. The number of hydrogen-bond acceptors (Lipinski definition) is 4. The van der Waals surface area contributed by atoms with Crippen LogP contribution in [-0.4, -0.2) is 48.8 Å². The van der Waals surface area contributed by atoms with Gasteiger partial charge in [-0.3, -0.25) is 0 Å². The molecule has 0 aromatic heterocycles. The minimum atomic E-state index is -0.215. The number of nitrogens with two attached hydrogens (primary N) is 1. The number of amides is 2. The molecular weight excluding hydrogens is 340 g/mol. The minimum absolute atomic E-state index is 0.0155. The van der Waals surface area contributed by atoms with Gasteiger partial charge < -0.3 is 20.7 Å². The van der Waals surface area contributed by atoms with Crippen LogP contribution in [0.25, 0.3) is 0 Å². The standard InChI is InChI=1S/C21H30N4O2/c22-12-13-24-21(26)25-14-4-7-19(23)20(25)15-27-18-10-8-17(9-11-18)16-5-2-1-3-6-16/h1-3,5-6,17-20H,4,7-11,13-15,23H2,(H,24,26)/t17?,18?,19-,20-/m0/s1. The zero-order valence-electron chi connectivity index (χ0n) is 15.8. The Kier molecular flexibility index (Phi) is 7.08. The van der Waals surface area contributed by atoms with Gasteiger partial charge >= 0.3 is 6.03 Å². The third-order valence-corrected chi connectivity index (χ3v) is 5.86. The summed E-state index contributed by atoms with van der Waals surface area (Å²) in [6.45, 7) is 1.16. The summed E-state index contributed by atoms with van der Waals surface area (Å²) in [4.78, 5) is 14.1. The van der Waals surface area contributed by atoms with E-state index in [0.717, 1.165) is 38.5 Å². The summed E-state index contributed by atoms with van der Waals surface area (Å²) in [6.07, 6.45) is 6.39. The van der Waals surface area contributed by atoms with Gasteiger partial charge in [-0.25, -0.2) is 4.79 Å². The first-order valence-corrected chi connectivity index (χ1v) is 10.0. The van der Waals surface area contributed by atoms with Crippen LogP contribution in [0.3, 0.4) is 0 Å². The van der Waals surface area contributed by atoms with Crippen LogP contribution in [0.5, 0.6) is 0 Å². The smallest absolute Gasteiger partial charge is 0.318 e. The largest absolute Gasteiger partial charge is 0.376 e. The van der Waals surface area contributed by atoms with Crippen LogP contribution in [0.4, 0.5) is 4.79 Å². The van der Waals surface area contributed by atoms with E-state index in [1.54, 1.807) is 4.90 Å². The summed E-state index contributed by atoms with van der Waals surface area (Å²) in [6, 6.07) is 12.2. The van der Waals surface area contributed by atoms with Gasteiger partial charge in [-0.05, 0) is 50.0 Å². The Morgan fingerprint density at radius 3 is 2.67 bits per heavy atom. The third-order valence-electron chi connectivity index (χ3n) is 5.86. The van der Waals surface area contributed by atoms with E-state index < -0.39 is 0 Å². The first-order chi connectivity index (χ1) is 13.2. The van der Waals surface area contributed by atoms with Crippen molar-refractivity contribution in [1.82, 2.24) is 10.2 Å². The summed E-state index contributed by atoms with van der Waals surface area (Å²) in [5, 5.41) is 11.3. The zero-order chi connectivity index (χ0) is 19.1. The fourth-order valence-electron chi connectivity index (χ4n) is 4.29. The highest BCUT2D eigenvalue weighted by Crippen LogP contribution is 2.34. The Bertz CT molecular complexity index is 637. The molecule has 1 aromatic rings. The van der Waals surface area contributed by atoms with E-state index in [0.29, 0.717) is 19.1 Å². The lowest BCUT2D eigenvalue weighted by Gasteiger charge is -2.40. The van der Waals surface area contributed by atoms with Crippen LogP contribution in [0.15, 0.2) is 30.3 Å². The minimum Gasteiger partial charge on any atom is -0.376 e. The second-order valence-corrected chi connectivity index (χ2v) is 7.60. The average Bonchev–Trinajstić information content (AvgIpc) is 2.72. The first-order valence-electron chi connectivity index (χ1n) is 10.0. The SMILES string of the molecule is N#CCNC(=O)N1CCC[C@H](N)[C@@H]1COC1CCC(c2ccccc2)CC1. The molecule has 1 aromatic carbocycles. The number of carbonyl (C=O) groups excluding carboxylic acids is 1. The summed E-state index contributed by atoms with van der Waals surface area (Å²) in [5.74, 6) is 0.622. The number of ether oxygens (including phenoxy) is 1. The van der Waals surface area contributed by atoms with Crippen molar-refractivity contribution in [2.45, 2.75) is 62.6 Å². The van der Waals surface area contributed by atoms with Crippen molar-refractivity contribution in [2.24, 2.45) is 5.73 Å². The van der Waals surface area contributed by atoms with Gasteiger partial charge in [0.25, 0.3) is 0 Å². The van der Waals surface area contributed by atoms with E-state index in [4.69, 9.17) is 15.7 Å². The molecule has 27 heavy (non-hydrogen) atoms. The fourth-order valence-corrected chi connectivity index (χ4v) is 4.29. The monoisotopic (exact) mass is 370 g/mol. The van der Waals surface area contributed by atoms with Gasteiger partial charge in [0.1, 0.15) is 6.54 Å². The number of piperidine rings is 1. The first kappa shape index (κ1) is 19.7. The number of carbonyl (C=O) groups is 1. The molecule has 3 N–H and O–H groups in total. The van der Waals surface area contributed by atoms with Crippen molar-refractivity contribution in [3.63, 3.8) is 0 Å². The van der Waals surface area contributed by atoms with Gasteiger partial charge in [0.05, 0.1) is 24.8 Å². The maximum absolute atomic E-state index is 12.3. The summed E-state index contributed by atoms with van der Waals surface area (Å²) in [5.41, 5.74) is 7.70. The van der Waals surface area contributed by atoms with Crippen molar-refractivity contribution in [3.8, 4) is 6.07 Å². The van der Waals surface area contributed by atoms with Crippen molar-refractivity contribution >= 4 is 6.03 Å². The van der Waals surface area contributed by atoms with E-state index in [9.17, 15) is 4.79 Å². The molecule has 2 atom stereocenters. The zero-order valence-corrected chi connectivity index (χ0v) is 15.8. The van der Waals surface area contributed by atoms with Crippen LogP contribution in [0.2, 0.25) is 0 Å². The normalized spacial score (nSPS) is 28.4. The molecule has 6 heteroatoms. The number of nitrogens with zero attached hydrogens (tertiary/aromatic N) is 2. The van der Waals surface area contributed by atoms with Crippen LogP contribution in [0.1, 0.15) is 50.0 Å². The number of nitrogens with one attached hydrogen (secondary N) is 1. The molecule has 1 saturated carbocycles. The molecule has 0 bridgehead atoms. The summed E-state index contributed by atoms with van der Waals surface area (Å²) >= 11 is 0. The fraction of sp³-hybridized carbons (Fsp3) is 0.619. The van der Waals surface area contributed by atoms with E-state index in [-0.39, 0.29) is 30.8 Å². The van der Waals surface area contributed by atoms with Crippen molar-refractivity contribution in [2.75, 3.05) is 19.7 Å². The van der Waals surface area contributed by atoms with E-state index in [1.807, 2.05) is 6.07 Å². The number of urea groups is 1. The van der Waals surface area contributed by atoms with Crippen LogP contribution < -0.4 is 11.1 Å². The van der Waals surface area contributed by atoms with Gasteiger partial charge in [-0.2, -0.15) is 5.26 Å². The van der Waals surface area contributed by atoms with Crippen molar-refractivity contribution in [1.29, 1.82) is 5.26 Å². The third kappa shape index (κ3) is 5.21. The van der Waals surface area contributed by atoms with Crippen molar-refractivity contribution in [3.05, 3.63) is 35.9 Å². The number of rotatable bonds is 5. The lowest BCUT2D eigenvalue weighted by molar-refractivity contribution is -0.0158. The Balaban J connectivity index is 1.49. The molecular formula is C21H30N4O2. The predicted octanol–water partition coefficient (Wildman–Crippen LogP) is 2.75. The maximum Gasteiger partial charge on any atom is 0.318 e. The van der Waals surface area contributed by atoms with E-state index in [1.165, 1.54) is 5.56 Å². The molecule has 0 unspecified atom stereocenters. The van der Waals surface area contributed by atoms with Gasteiger partial charge in [0, 0.05) is 12.6 Å². The summed E-state index contributed by atoms with van der Waals surface area (Å²) < 4.78 is 6.20. The highest BCUT2D eigenvalue weighted by Gasteiger charge is 2.33. The average molecular weight is 370 g/mol. The summed E-state index contributed by atoms with van der Waals surface area (Å²) in [7, 11) is 0. The van der Waals surface area contributed by atoms with Crippen LogP contribution in [0, 0.1) is 11.3 Å². The second kappa shape index (κ2) is 9.72. The molecule has 1 aliphatic carbocycles. The Morgan fingerprint density at radius 2 is 1.96 bits per heavy atom.